The number of aromatic nitrogens is 3. The molecule has 33 heavy (non-hydrogen) atoms. The molecular formula is C26H28N3O2Y2-. The zero-order chi connectivity index (χ0) is 22.6. The molecule has 0 saturated carbocycles. The number of aromatic hydroxyl groups is 1. The summed E-state index contributed by atoms with van der Waals surface area (Å²) in [6, 6.07) is 24.2. The number of ether oxygens (including phenoxy) is 1. The average molecular weight is 592 g/mol. The fraction of sp³-hybridized carbons (Fsp3) is 0.154. The van der Waals surface area contributed by atoms with E-state index < -0.39 is 0 Å². The summed E-state index contributed by atoms with van der Waals surface area (Å²) >= 11 is 0. The molecule has 166 valence electrons. The van der Waals surface area contributed by atoms with E-state index >= 15 is 0 Å². The van der Waals surface area contributed by atoms with Gasteiger partial charge in [0.2, 0.25) is 0 Å². The van der Waals surface area contributed by atoms with Crippen LogP contribution in [-0.4, -0.2) is 20.1 Å². The molecule has 0 fully saturated rings. The van der Waals surface area contributed by atoms with Crippen LogP contribution in [0.3, 0.4) is 0 Å². The second-order valence-electron chi connectivity index (χ2n) is 5.86. The minimum Gasteiger partial charge on any atom is -0.665 e. The number of hydrogen-bond acceptors (Lipinski definition) is 5. The Bertz CT molecular complexity index is 1020. The fourth-order valence-corrected chi connectivity index (χ4v) is 2.72. The van der Waals surface area contributed by atoms with Gasteiger partial charge in [-0.1, -0.05) is 88.4 Å². The van der Waals surface area contributed by atoms with E-state index in [0.29, 0.717) is 28.8 Å². The van der Waals surface area contributed by atoms with Crippen LogP contribution in [0.4, 0.5) is 0 Å². The van der Waals surface area contributed by atoms with Crippen molar-refractivity contribution < 1.29 is 75.3 Å². The summed E-state index contributed by atoms with van der Waals surface area (Å²) < 4.78 is 4.91. The van der Waals surface area contributed by atoms with Gasteiger partial charge >= 0.3 is 0 Å². The maximum Gasteiger partial charge on any atom is 0.167 e. The summed E-state index contributed by atoms with van der Waals surface area (Å²) in [6.45, 7) is 8.00. The van der Waals surface area contributed by atoms with Crippen molar-refractivity contribution in [1.29, 1.82) is 0 Å². The van der Waals surface area contributed by atoms with E-state index in [4.69, 9.17) is 4.74 Å². The number of nitrogens with zero attached hydrogens (tertiary/aromatic N) is 3. The van der Waals surface area contributed by atoms with Crippen LogP contribution < -0.4 is 4.74 Å². The van der Waals surface area contributed by atoms with Crippen LogP contribution >= 0.6 is 0 Å². The smallest absolute Gasteiger partial charge is 0.167 e. The van der Waals surface area contributed by atoms with Crippen molar-refractivity contribution in [3.8, 4) is 45.7 Å². The normalized spacial score (nSPS) is 9.00. The van der Waals surface area contributed by atoms with Gasteiger partial charge in [-0.15, -0.1) is 0 Å². The Balaban J connectivity index is 0.00000162. The van der Waals surface area contributed by atoms with Gasteiger partial charge in [0.05, 0.1) is 11.3 Å². The van der Waals surface area contributed by atoms with E-state index in [1.165, 1.54) is 6.07 Å². The van der Waals surface area contributed by atoms with E-state index in [2.05, 4.69) is 22.1 Å². The molecule has 5 nitrogen and oxygen atoms in total. The Morgan fingerprint density at radius 1 is 0.636 bits per heavy atom. The predicted molar refractivity (Wildman–Crippen MR) is 126 cm³/mol. The first-order chi connectivity index (χ1) is 15.2. The maximum absolute atomic E-state index is 10.4. The molecule has 0 aliphatic heterocycles. The molecule has 4 aromatic rings. The fourth-order valence-electron chi connectivity index (χ4n) is 2.72. The van der Waals surface area contributed by atoms with E-state index in [1.807, 2.05) is 88.4 Å². The van der Waals surface area contributed by atoms with Crippen molar-refractivity contribution in [3.63, 3.8) is 0 Å². The van der Waals surface area contributed by atoms with Gasteiger partial charge in [-0.05, 0) is 12.1 Å². The van der Waals surface area contributed by atoms with Crippen molar-refractivity contribution in [2.24, 2.45) is 0 Å². The molecule has 0 spiro atoms. The third kappa shape index (κ3) is 8.64. The molecule has 0 atom stereocenters. The molecule has 1 aromatic heterocycles. The predicted octanol–water partition coefficient (Wildman–Crippen LogP) is 6.80. The van der Waals surface area contributed by atoms with Crippen LogP contribution in [0.25, 0.3) is 34.2 Å². The van der Waals surface area contributed by atoms with Gasteiger partial charge in [0.25, 0.3) is 0 Å². The van der Waals surface area contributed by atoms with Crippen LogP contribution in [0.2, 0.25) is 0 Å². The zero-order valence-electron chi connectivity index (χ0n) is 19.6. The van der Waals surface area contributed by atoms with Gasteiger partial charge < -0.3 is 9.84 Å². The van der Waals surface area contributed by atoms with Gasteiger partial charge in [0.1, 0.15) is 5.75 Å². The summed E-state index contributed by atoms with van der Waals surface area (Å²) in [5.41, 5.74) is 2.23. The summed E-state index contributed by atoms with van der Waals surface area (Å²) in [4.78, 5) is 13.8. The topological polar surface area (TPSA) is 68.1 Å². The first kappa shape index (κ1) is 31.5. The number of rotatable bonds is 4. The Morgan fingerprint density at radius 2 is 1.06 bits per heavy atom. The third-order valence-corrected chi connectivity index (χ3v) is 4.08. The van der Waals surface area contributed by atoms with E-state index in [-0.39, 0.29) is 71.2 Å². The maximum atomic E-state index is 10.4. The monoisotopic (exact) mass is 592 g/mol. The van der Waals surface area contributed by atoms with E-state index in [9.17, 15) is 5.11 Å². The SMILES string of the molecule is CC.CC.[CH2-]Oc1ccc(-c2nc(-c3ccccc3)nc(-c3ccccc3)n2)c(O)c1.[Y].[Y]. The molecule has 0 aliphatic rings. The standard InChI is InChI=1S/C22H16N3O2.2C2H6.2Y/c1-27-17-12-13-18(19(26)14-17)22-24-20(15-8-4-2-5-9-15)23-21(25-22)16-10-6-3-7-11-16;2*1-2;;/h2-14,26H,1H2;2*1-2H3;;/q-1;;;;. The molecule has 0 aliphatic carbocycles. The molecule has 0 unspecified atom stereocenters. The summed E-state index contributed by atoms with van der Waals surface area (Å²) in [5.74, 6) is 1.93. The van der Waals surface area contributed by atoms with Crippen molar-refractivity contribution in [3.05, 3.63) is 86.0 Å². The van der Waals surface area contributed by atoms with Gasteiger partial charge in [0, 0.05) is 82.6 Å². The zero-order valence-corrected chi connectivity index (χ0v) is 25.2. The van der Waals surface area contributed by atoms with Crippen molar-refractivity contribution in [2.75, 3.05) is 0 Å². The molecular weight excluding hydrogens is 564 g/mol. The minimum absolute atomic E-state index is 0. The molecule has 0 saturated heterocycles. The summed E-state index contributed by atoms with van der Waals surface area (Å²) in [7, 11) is 3.35. The van der Waals surface area contributed by atoms with Gasteiger partial charge in [-0.2, -0.15) is 7.11 Å². The van der Waals surface area contributed by atoms with Crippen molar-refractivity contribution in [1.82, 2.24) is 15.0 Å². The minimum atomic E-state index is 0. The molecule has 4 rings (SSSR count). The Hall–Kier alpha value is -1.52. The largest absolute Gasteiger partial charge is 0.665 e. The van der Waals surface area contributed by atoms with E-state index in [1.54, 1.807) is 12.1 Å². The number of phenols is 1. The van der Waals surface area contributed by atoms with Crippen molar-refractivity contribution >= 4 is 0 Å². The van der Waals surface area contributed by atoms with Crippen LogP contribution in [-0.2, 0) is 65.4 Å². The third-order valence-electron chi connectivity index (χ3n) is 4.08. The first-order valence-electron chi connectivity index (χ1n) is 10.4. The summed E-state index contributed by atoms with van der Waals surface area (Å²) in [5, 5.41) is 10.4. The van der Waals surface area contributed by atoms with Gasteiger partial charge in [0.15, 0.2) is 17.5 Å². The van der Waals surface area contributed by atoms with Crippen LogP contribution in [0.1, 0.15) is 27.7 Å². The van der Waals surface area contributed by atoms with Gasteiger partial charge in [-0.25, -0.2) is 15.0 Å². The van der Waals surface area contributed by atoms with Crippen LogP contribution in [0, 0.1) is 7.11 Å². The molecule has 1 heterocycles. The quantitative estimate of drug-likeness (QED) is 0.264. The van der Waals surface area contributed by atoms with Crippen LogP contribution in [0.15, 0.2) is 78.9 Å². The van der Waals surface area contributed by atoms with Crippen molar-refractivity contribution in [2.45, 2.75) is 27.7 Å². The average Bonchev–Trinajstić information content (AvgIpc) is 2.87. The van der Waals surface area contributed by atoms with E-state index in [0.717, 1.165) is 11.1 Å². The second kappa shape index (κ2) is 17.0. The van der Waals surface area contributed by atoms with Gasteiger partial charge in [-0.3, -0.25) is 0 Å². The first-order valence-corrected chi connectivity index (χ1v) is 10.4. The Kier molecular flexibility index (Phi) is 16.2. The molecule has 1 N–H and O–H groups in total. The molecule has 2 radical (unpaired) electrons. The Labute approximate surface area is 247 Å². The second-order valence-corrected chi connectivity index (χ2v) is 5.86. The molecule has 0 bridgehead atoms. The summed E-state index contributed by atoms with van der Waals surface area (Å²) in [6.07, 6.45) is 0. The molecule has 0 amide bonds. The number of hydrogen-bond donors (Lipinski definition) is 1. The van der Waals surface area contributed by atoms with Crippen LogP contribution in [0.5, 0.6) is 11.5 Å². The number of phenolic OH excluding ortho intramolecular Hbond substituents is 1. The molecule has 7 heteroatoms. The Morgan fingerprint density at radius 3 is 1.45 bits per heavy atom. The number of benzene rings is 3. The molecule has 3 aromatic carbocycles.